The summed E-state index contributed by atoms with van der Waals surface area (Å²) in [6.07, 6.45) is -0.896. The molecule has 0 aromatic carbocycles. The summed E-state index contributed by atoms with van der Waals surface area (Å²) in [7, 11) is 0. The number of aliphatic carboxylic acids is 1. The second-order valence-electron chi connectivity index (χ2n) is 5.37. The highest BCUT2D eigenvalue weighted by molar-refractivity contribution is 8.03. The van der Waals surface area contributed by atoms with Crippen LogP contribution in [-0.4, -0.2) is 72.1 Å². The molecular weight excluding hydrogens is 324 g/mol. The van der Waals surface area contributed by atoms with Gasteiger partial charge >= 0.3 is 5.97 Å². The molecule has 2 aliphatic heterocycles. The number of fused-ring (bicyclic) bond motifs is 1. The quantitative estimate of drug-likeness (QED) is 0.452. The number of nitrogens with one attached hydrogen (secondary N) is 1. The van der Waals surface area contributed by atoms with Gasteiger partial charge in [0.15, 0.2) is 5.82 Å². The van der Waals surface area contributed by atoms with Crippen molar-refractivity contribution in [1.29, 1.82) is 0 Å². The Hall–Kier alpha value is -1.98. The summed E-state index contributed by atoms with van der Waals surface area (Å²) in [5.74, 6) is -2.03. The van der Waals surface area contributed by atoms with Gasteiger partial charge in [0, 0.05) is 17.2 Å². The Kier molecular flexibility index (Phi) is 4.08. The summed E-state index contributed by atoms with van der Waals surface area (Å²) in [6.45, 7) is 1.87. The van der Waals surface area contributed by atoms with Crippen LogP contribution in [0.3, 0.4) is 0 Å². The van der Waals surface area contributed by atoms with Crippen molar-refractivity contribution in [3.8, 4) is 0 Å². The summed E-state index contributed by atoms with van der Waals surface area (Å²) < 4.78 is 0. The predicted octanol–water partition coefficient (Wildman–Crippen LogP) is -1.51. The molecule has 1 saturated heterocycles. The van der Waals surface area contributed by atoms with Gasteiger partial charge < -0.3 is 15.9 Å². The lowest BCUT2D eigenvalue weighted by Crippen LogP contribution is -2.63. The first-order chi connectivity index (χ1) is 11.0. The number of carboxylic acids is 1. The first kappa shape index (κ1) is 15.9. The van der Waals surface area contributed by atoms with E-state index < -0.39 is 35.9 Å². The third-order valence-electron chi connectivity index (χ3n) is 4.02. The van der Waals surface area contributed by atoms with Crippen LogP contribution in [-0.2, 0) is 9.59 Å². The van der Waals surface area contributed by atoms with E-state index in [1.54, 1.807) is 0 Å². The number of rotatable bonds is 6. The number of carboxylic acid groups (broad SMARTS) is 1. The minimum Gasteiger partial charge on any atom is -0.477 e. The maximum Gasteiger partial charge on any atom is 0.353 e. The second-order valence-corrected chi connectivity index (χ2v) is 6.50. The number of thioether (sulfide) groups is 1. The van der Waals surface area contributed by atoms with Crippen LogP contribution < -0.4 is 5.73 Å². The molecule has 3 heterocycles. The highest BCUT2D eigenvalue weighted by atomic mass is 32.2. The molecule has 1 aromatic heterocycles. The van der Waals surface area contributed by atoms with E-state index in [0.717, 1.165) is 0 Å². The molecule has 0 aliphatic carbocycles. The van der Waals surface area contributed by atoms with Gasteiger partial charge in [0.25, 0.3) is 0 Å². The van der Waals surface area contributed by atoms with Crippen LogP contribution in [0.4, 0.5) is 0 Å². The van der Waals surface area contributed by atoms with Crippen LogP contribution in [0.5, 0.6) is 0 Å². The van der Waals surface area contributed by atoms with Gasteiger partial charge in [-0.1, -0.05) is 5.21 Å². The molecule has 0 spiro atoms. The Morgan fingerprint density at radius 3 is 2.83 bits per heavy atom. The normalized spacial score (nSPS) is 27.9. The molecule has 23 heavy (non-hydrogen) atoms. The van der Waals surface area contributed by atoms with Crippen molar-refractivity contribution in [2.24, 2.45) is 11.7 Å². The zero-order valence-electron chi connectivity index (χ0n) is 12.2. The van der Waals surface area contributed by atoms with Gasteiger partial charge in [-0.25, -0.2) is 4.79 Å². The molecular formula is C12H16N6O4S. The van der Waals surface area contributed by atoms with E-state index in [2.05, 4.69) is 20.6 Å². The second kappa shape index (κ2) is 5.91. The number of H-pyrrole nitrogens is 1. The Balaban J connectivity index is 2.08. The van der Waals surface area contributed by atoms with Gasteiger partial charge in [-0.15, -0.1) is 22.0 Å². The number of hydrogen-bond donors (Lipinski definition) is 4. The van der Waals surface area contributed by atoms with E-state index >= 15 is 0 Å². The number of nitrogens with two attached hydrogens (primary N) is 1. The van der Waals surface area contributed by atoms with E-state index in [4.69, 9.17) is 5.73 Å². The molecule has 124 valence electrons. The van der Waals surface area contributed by atoms with E-state index in [9.17, 15) is 19.8 Å². The van der Waals surface area contributed by atoms with Crippen LogP contribution in [0.2, 0.25) is 0 Å². The molecule has 1 amide bonds. The summed E-state index contributed by atoms with van der Waals surface area (Å²) >= 11 is 1.27. The van der Waals surface area contributed by atoms with Crippen molar-refractivity contribution in [2.45, 2.75) is 25.0 Å². The van der Waals surface area contributed by atoms with Gasteiger partial charge in [-0.3, -0.25) is 9.69 Å². The van der Waals surface area contributed by atoms with Gasteiger partial charge in [0.2, 0.25) is 5.91 Å². The van der Waals surface area contributed by atoms with Crippen LogP contribution in [0.25, 0.3) is 0 Å². The lowest BCUT2D eigenvalue weighted by molar-refractivity contribution is -0.162. The number of aromatic nitrogens is 4. The maximum atomic E-state index is 12.3. The molecule has 0 saturated carbocycles. The number of carbonyl (C=O) groups excluding carboxylic acids is 1. The van der Waals surface area contributed by atoms with Crippen molar-refractivity contribution in [2.75, 3.05) is 12.3 Å². The third kappa shape index (κ3) is 2.31. The van der Waals surface area contributed by atoms with Crippen molar-refractivity contribution < 1.29 is 19.8 Å². The predicted molar refractivity (Wildman–Crippen MR) is 78.9 cm³/mol. The van der Waals surface area contributed by atoms with E-state index in [1.807, 2.05) is 0 Å². The molecule has 10 nitrogen and oxygen atoms in total. The molecule has 0 bridgehead atoms. The number of aliphatic hydroxyl groups is 1. The molecule has 5 N–H and O–H groups in total. The topological polar surface area (TPSA) is 158 Å². The van der Waals surface area contributed by atoms with Gasteiger partial charge in [0.05, 0.1) is 24.0 Å². The smallest absolute Gasteiger partial charge is 0.353 e. The van der Waals surface area contributed by atoms with E-state index in [0.29, 0.717) is 23.0 Å². The number of hydrogen-bond acceptors (Lipinski definition) is 8. The van der Waals surface area contributed by atoms with Crippen LogP contribution in [0, 0.1) is 5.92 Å². The van der Waals surface area contributed by atoms with Gasteiger partial charge in [0.1, 0.15) is 5.70 Å². The number of carbonyl (C=O) groups is 2. The minimum atomic E-state index is -1.20. The standard InChI is InChI=1S/C12H16N6O4S/c1-4(19)5-7-6(10-14-16-17-15-10)9(23-3-2-13)8(12(21)22)18(7)11(5)20/h4-7,19H,2-3,13H2,1H3,(H,21,22)(H,14,15,16,17)/t4-,5-,6?,7+/m1/s1. The summed E-state index contributed by atoms with van der Waals surface area (Å²) in [4.78, 5) is 25.7. The number of β-lactam (4-membered cyclic amide) rings is 1. The summed E-state index contributed by atoms with van der Waals surface area (Å²) in [5.41, 5.74) is 5.44. The largest absolute Gasteiger partial charge is 0.477 e. The molecule has 2 aliphatic rings. The molecule has 1 fully saturated rings. The first-order valence-corrected chi connectivity index (χ1v) is 8.02. The van der Waals surface area contributed by atoms with Crippen molar-refractivity contribution in [3.63, 3.8) is 0 Å². The fourth-order valence-corrected chi connectivity index (χ4v) is 4.25. The molecule has 11 heteroatoms. The number of aromatic amines is 1. The van der Waals surface area contributed by atoms with Gasteiger partial charge in [-0.2, -0.15) is 5.21 Å². The minimum absolute atomic E-state index is 0.0786. The Labute approximate surface area is 135 Å². The highest BCUT2D eigenvalue weighted by Crippen LogP contribution is 2.53. The molecule has 1 unspecified atom stereocenters. The summed E-state index contributed by atoms with van der Waals surface area (Å²) in [5, 5.41) is 33.2. The number of amides is 1. The molecule has 1 aromatic rings. The van der Waals surface area contributed by atoms with Crippen molar-refractivity contribution in [1.82, 2.24) is 25.5 Å². The lowest BCUT2D eigenvalue weighted by atomic mass is 9.78. The SMILES string of the molecule is C[C@@H](O)[C@H]1C(=O)N2C(C(=O)O)=C(SCCN)C(c3nn[nH]n3)[C@H]12. The fraction of sp³-hybridized carbons (Fsp3) is 0.583. The number of nitrogens with zero attached hydrogens (tertiary/aromatic N) is 4. The molecule has 0 radical (unpaired) electrons. The van der Waals surface area contributed by atoms with Crippen LogP contribution in [0.15, 0.2) is 10.6 Å². The number of aliphatic hydroxyl groups excluding tert-OH is 1. The van der Waals surface area contributed by atoms with Crippen molar-refractivity contribution in [3.05, 3.63) is 16.4 Å². The maximum absolute atomic E-state index is 12.3. The highest BCUT2D eigenvalue weighted by Gasteiger charge is 2.62. The zero-order valence-corrected chi connectivity index (χ0v) is 13.0. The Bertz CT molecular complexity index is 661. The summed E-state index contributed by atoms with van der Waals surface area (Å²) in [6, 6.07) is -0.522. The third-order valence-corrected chi connectivity index (χ3v) is 5.22. The molecule has 4 atom stereocenters. The van der Waals surface area contributed by atoms with Crippen LogP contribution >= 0.6 is 11.8 Å². The Morgan fingerprint density at radius 2 is 2.30 bits per heavy atom. The average Bonchev–Trinajstić information content (AvgIpc) is 3.08. The van der Waals surface area contributed by atoms with Crippen LogP contribution in [0.1, 0.15) is 18.7 Å². The lowest BCUT2D eigenvalue weighted by Gasteiger charge is -2.46. The molecule has 3 rings (SSSR count). The first-order valence-electron chi connectivity index (χ1n) is 7.03. The van der Waals surface area contributed by atoms with E-state index in [-0.39, 0.29) is 5.70 Å². The van der Waals surface area contributed by atoms with Gasteiger partial charge in [-0.05, 0) is 6.92 Å². The fourth-order valence-electron chi connectivity index (χ4n) is 3.17. The Morgan fingerprint density at radius 1 is 1.57 bits per heavy atom. The van der Waals surface area contributed by atoms with E-state index in [1.165, 1.54) is 23.6 Å². The number of tetrazole rings is 1. The monoisotopic (exact) mass is 340 g/mol. The zero-order chi connectivity index (χ0) is 16.7. The average molecular weight is 340 g/mol. The van der Waals surface area contributed by atoms with Crippen molar-refractivity contribution >= 4 is 23.6 Å².